The monoisotopic (exact) mass is 453 g/mol. The summed E-state index contributed by atoms with van der Waals surface area (Å²) in [6, 6.07) is 16.2. The Morgan fingerprint density at radius 3 is 2.47 bits per heavy atom. The normalized spacial score (nSPS) is 22.7. The van der Waals surface area contributed by atoms with Crippen LogP contribution in [0.2, 0.25) is 0 Å². The predicted molar refractivity (Wildman–Crippen MR) is 124 cm³/mol. The van der Waals surface area contributed by atoms with Crippen LogP contribution in [-0.2, 0) is 0 Å². The third-order valence-electron chi connectivity index (χ3n) is 6.67. The molecule has 2 fully saturated rings. The van der Waals surface area contributed by atoms with Crippen molar-refractivity contribution in [2.45, 2.75) is 37.8 Å². The van der Waals surface area contributed by atoms with Crippen LogP contribution in [0.5, 0.6) is 5.88 Å². The summed E-state index contributed by atoms with van der Waals surface area (Å²) in [6.45, 7) is 0. The first kappa shape index (κ1) is 21.6. The number of rotatable bonds is 6. The zero-order valence-corrected chi connectivity index (χ0v) is 18.4. The van der Waals surface area contributed by atoms with Gasteiger partial charge in [-0.2, -0.15) is 5.26 Å². The summed E-state index contributed by atoms with van der Waals surface area (Å²) in [5.41, 5.74) is 8.61. The smallest absolute Gasteiger partial charge is 0.254 e. The topological polar surface area (TPSA) is 131 Å². The Morgan fingerprint density at radius 1 is 1.06 bits per heavy atom. The Labute approximate surface area is 196 Å². The highest BCUT2D eigenvalue weighted by Crippen LogP contribution is 2.56. The van der Waals surface area contributed by atoms with Crippen molar-refractivity contribution in [3.63, 3.8) is 0 Å². The average Bonchev–Trinajstić information content (AvgIpc) is 2.81. The van der Waals surface area contributed by atoms with Crippen molar-refractivity contribution in [2.75, 3.05) is 0 Å². The summed E-state index contributed by atoms with van der Waals surface area (Å²) >= 11 is 0. The third kappa shape index (κ3) is 4.20. The van der Waals surface area contributed by atoms with Gasteiger partial charge in [0.05, 0.1) is 22.9 Å². The van der Waals surface area contributed by atoms with Crippen molar-refractivity contribution in [2.24, 2.45) is 11.1 Å². The van der Waals surface area contributed by atoms with Crippen LogP contribution in [0.3, 0.4) is 0 Å². The molecule has 0 radical (unpaired) electrons. The van der Waals surface area contributed by atoms with Gasteiger partial charge in [0.1, 0.15) is 11.7 Å². The second-order valence-corrected chi connectivity index (χ2v) is 9.07. The molecule has 8 heteroatoms. The fourth-order valence-corrected chi connectivity index (χ4v) is 4.92. The van der Waals surface area contributed by atoms with Gasteiger partial charge >= 0.3 is 0 Å². The summed E-state index contributed by atoms with van der Waals surface area (Å²) in [5.74, 6) is -0.399. The molecular formula is C26H23N5O3. The lowest BCUT2D eigenvalue weighted by atomic mass is 9.53. The largest absolute Gasteiger partial charge is 0.474 e. The number of nitrogens with zero attached hydrogens (tertiary/aromatic N) is 3. The Balaban J connectivity index is 1.11. The number of nitrogens with one attached hydrogen (secondary N) is 1. The molecule has 2 amide bonds. The van der Waals surface area contributed by atoms with Crippen LogP contribution in [0, 0.1) is 16.7 Å². The highest BCUT2D eigenvalue weighted by molar-refractivity contribution is 5.95. The molecule has 2 heterocycles. The molecule has 3 aromatic rings. The van der Waals surface area contributed by atoms with Crippen LogP contribution in [0.15, 0.2) is 60.9 Å². The second-order valence-electron chi connectivity index (χ2n) is 9.07. The molecule has 2 aliphatic carbocycles. The number of hydrogen-bond acceptors (Lipinski definition) is 6. The van der Waals surface area contributed by atoms with Crippen LogP contribution in [0.4, 0.5) is 0 Å². The fraction of sp³-hybridized carbons (Fsp3) is 0.269. The van der Waals surface area contributed by atoms with E-state index in [0.717, 1.165) is 36.9 Å². The van der Waals surface area contributed by atoms with Gasteiger partial charge in [-0.25, -0.2) is 4.98 Å². The molecule has 8 nitrogen and oxygen atoms in total. The van der Waals surface area contributed by atoms with Crippen LogP contribution in [0.1, 0.15) is 52.0 Å². The Hall–Kier alpha value is -4.25. The van der Waals surface area contributed by atoms with Crippen LogP contribution in [0.25, 0.3) is 11.3 Å². The van der Waals surface area contributed by atoms with Gasteiger partial charge in [0.15, 0.2) is 0 Å². The minimum absolute atomic E-state index is 0.00335. The molecular weight excluding hydrogens is 430 g/mol. The van der Waals surface area contributed by atoms with Crippen molar-refractivity contribution < 1.29 is 14.3 Å². The summed E-state index contributed by atoms with van der Waals surface area (Å²) in [4.78, 5) is 32.7. The van der Waals surface area contributed by atoms with E-state index >= 15 is 0 Å². The van der Waals surface area contributed by atoms with Gasteiger partial charge < -0.3 is 15.8 Å². The molecule has 2 aliphatic rings. The molecule has 1 aromatic carbocycles. The van der Waals surface area contributed by atoms with E-state index in [2.05, 4.69) is 21.4 Å². The van der Waals surface area contributed by atoms with E-state index in [1.807, 2.05) is 18.2 Å². The number of benzene rings is 1. The first-order chi connectivity index (χ1) is 16.4. The lowest BCUT2D eigenvalue weighted by Crippen LogP contribution is -2.58. The van der Waals surface area contributed by atoms with E-state index in [0.29, 0.717) is 16.7 Å². The van der Waals surface area contributed by atoms with E-state index in [1.54, 1.807) is 42.7 Å². The number of carbonyl (C=O) groups is 2. The number of hydrogen-bond donors (Lipinski definition) is 2. The van der Waals surface area contributed by atoms with Crippen LogP contribution >= 0.6 is 0 Å². The van der Waals surface area contributed by atoms with E-state index in [4.69, 9.17) is 15.7 Å². The zero-order valence-electron chi connectivity index (χ0n) is 18.4. The average molecular weight is 454 g/mol. The van der Waals surface area contributed by atoms with E-state index < -0.39 is 5.91 Å². The number of pyridine rings is 2. The van der Waals surface area contributed by atoms with Crippen molar-refractivity contribution in [3.8, 4) is 23.2 Å². The molecule has 170 valence electrons. The molecule has 5 rings (SSSR count). The molecule has 1 spiro atoms. The SMILES string of the molecule is N#Cc1ccc(-c2ccc(C(=O)NC3CC4(C3)CC(Oc3ncccc3C(N)=O)C4)cn2)cc1. The lowest BCUT2D eigenvalue weighted by molar-refractivity contribution is -0.0848. The Morgan fingerprint density at radius 2 is 1.82 bits per heavy atom. The molecule has 2 saturated carbocycles. The molecule has 2 aromatic heterocycles. The molecule has 0 atom stereocenters. The van der Waals surface area contributed by atoms with Gasteiger partial charge in [-0.15, -0.1) is 0 Å². The molecule has 0 unspecified atom stereocenters. The number of nitriles is 1. The predicted octanol–water partition coefficient (Wildman–Crippen LogP) is 3.23. The van der Waals surface area contributed by atoms with E-state index in [-0.39, 0.29) is 29.3 Å². The molecule has 34 heavy (non-hydrogen) atoms. The number of amides is 2. The highest BCUT2D eigenvalue weighted by Gasteiger charge is 2.54. The van der Waals surface area contributed by atoms with Crippen LogP contribution < -0.4 is 15.8 Å². The Bertz CT molecular complexity index is 1270. The van der Waals surface area contributed by atoms with Crippen molar-refractivity contribution in [1.29, 1.82) is 5.26 Å². The lowest BCUT2D eigenvalue weighted by Gasteiger charge is -2.57. The van der Waals surface area contributed by atoms with Gasteiger partial charge in [0.25, 0.3) is 11.8 Å². The summed E-state index contributed by atoms with van der Waals surface area (Å²) in [6.07, 6.45) is 6.71. The quantitative estimate of drug-likeness (QED) is 0.589. The number of primary amides is 1. The first-order valence-corrected chi connectivity index (χ1v) is 11.1. The maximum Gasteiger partial charge on any atom is 0.254 e. The fourth-order valence-electron chi connectivity index (χ4n) is 4.92. The van der Waals surface area contributed by atoms with E-state index in [9.17, 15) is 9.59 Å². The van der Waals surface area contributed by atoms with Gasteiger partial charge in [0.2, 0.25) is 5.88 Å². The molecule has 0 bridgehead atoms. The van der Waals surface area contributed by atoms with E-state index in [1.165, 1.54) is 0 Å². The second kappa shape index (κ2) is 8.60. The summed E-state index contributed by atoms with van der Waals surface area (Å²) in [5, 5.41) is 12.0. The van der Waals surface area contributed by atoms with Gasteiger partial charge in [-0.05, 0) is 67.5 Å². The van der Waals surface area contributed by atoms with Crippen molar-refractivity contribution >= 4 is 11.8 Å². The maximum atomic E-state index is 12.6. The molecule has 0 saturated heterocycles. The molecule has 3 N–H and O–H groups in total. The third-order valence-corrected chi connectivity index (χ3v) is 6.67. The standard InChI is InChI=1S/C26H23N5O3/c27-14-16-3-5-17(6-4-16)22-8-7-18(15-30-22)24(33)31-19-10-26(11-19)12-20(13-26)34-25-21(23(28)32)2-1-9-29-25/h1-9,15,19-20H,10-13H2,(H2,28,32)(H,31,33). The van der Waals surface area contributed by atoms with Crippen LogP contribution in [-0.4, -0.2) is 33.9 Å². The van der Waals surface area contributed by atoms with Gasteiger partial charge in [-0.1, -0.05) is 12.1 Å². The number of ether oxygens (including phenoxy) is 1. The van der Waals surface area contributed by atoms with Crippen molar-refractivity contribution in [1.82, 2.24) is 15.3 Å². The van der Waals surface area contributed by atoms with Gasteiger partial charge in [0, 0.05) is 24.0 Å². The minimum Gasteiger partial charge on any atom is -0.474 e. The minimum atomic E-state index is -0.553. The summed E-state index contributed by atoms with van der Waals surface area (Å²) < 4.78 is 5.90. The zero-order chi connectivity index (χ0) is 23.7. The first-order valence-electron chi connectivity index (χ1n) is 11.1. The van der Waals surface area contributed by atoms with Gasteiger partial charge in [-0.3, -0.25) is 14.6 Å². The number of aromatic nitrogens is 2. The maximum absolute atomic E-state index is 12.6. The number of nitrogens with two attached hydrogens (primary N) is 1. The summed E-state index contributed by atoms with van der Waals surface area (Å²) in [7, 11) is 0. The van der Waals surface area contributed by atoms with Crippen molar-refractivity contribution in [3.05, 3.63) is 77.6 Å². The Kier molecular flexibility index (Phi) is 5.46. The molecule has 0 aliphatic heterocycles. The number of carbonyl (C=O) groups excluding carboxylic acids is 2. The highest BCUT2D eigenvalue weighted by atomic mass is 16.5.